The molecule has 0 heterocycles. The van der Waals surface area contributed by atoms with Crippen molar-refractivity contribution in [2.45, 2.75) is 0 Å². The molecule has 5 heteroatoms. The summed E-state index contributed by atoms with van der Waals surface area (Å²) >= 11 is 0. The summed E-state index contributed by atoms with van der Waals surface area (Å²) in [7, 11) is 3.86. The molecule has 0 atom stereocenters. The molecule has 0 radical (unpaired) electrons. The summed E-state index contributed by atoms with van der Waals surface area (Å²) in [6, 6.07) is 0. The normalized spacial score (nSPS) is 12.0. The minimum Gasteiger partial charge on any atom is -0.771 e. The van der Waals surface area contributed by atoms with Crippen LogP contribution in [0.1, 0.15) is 0 Å². The summed E-state index contributed by atoms with van der Waals surface area (Å²) in [5, 5.41) is 22.1. The Hall–Kier alpha value is -0.200. The highest BCUT2D eigenvalue weighted by molar-refractivity contribution is 4.42. The molecule has 0 amide bonds. The molecule has 0 rings (SSSR count). The molecule has 0 fully saturated rings. The van der Waals surface area contributed by atoms with Crippen LogP contribution in [0.25, 0.3) is 0 Å². The van der Waals surface area contributed by atoms with Crippen LogP contribution < -0.4 is 0 Å². The second-order valence-corrected chi connectivity index (χ2v) is 1.42. The highest BCUT2D eigenvalue weighted by Gasteiger charge is 1.89. The van der Waals surface area contributed by atoms with Crippen LogP contribution in [-0.4, -0.2) is 36.6 Å². The van der Waals surface area contributed by atoms with E-state index in [-0.39, 0.29) is 0 Å². The van der Waals surface area contributed by atoms with Crippen molar-refractivity contribution < 1.29 is 0 Å². The first-order chi connectivity index (χ1) is 3.55. The second-order valence-electron chi connectivity index (χ2n) is 1.42. The van der Waals surface area contributed by atoms with Crippen LogP contribution in [0, 0.1) is 10.4 Å². The van der Waals surface area contributed by atoms with Gasteiger partial charge in [0.15, 0.2) is 0 Å². The lowest BCUT2D eigenvalue weighted by Crippen LogP contribution is -2.41. The van der Waals surface area contributed by atoms with Gasteiger partial charge in [0.05, 0.1) is 0 Å². The zero-order valence-electron chi connectivity index (χ0n) is 5.16. The van der Waals surface area contributed by atoms with Gasteiger partial charge >= 0.3 is 0 Å². The zero-order chi connectivity index (χ0) is 6.73. The topological polar surface area (TPSA) is 55.8 Å². The fraction of sp³-hybridized carbons (Fsp3) is 1.00. The molecule has 0 spiro atoms. The summed E-state index contributed by atoms with van der Waals surface area (Å²) in [6.07, 6.45) is 0. The molecule has 0 aliphatic heterocycles. The van der Waals surface area contributed by atoms with E-state index in [1.165, 1.54) is 21.1 Å². The summed E-state index contributed by atoms with van der Waals surface area (Å²) in [5.74, 6) is 0. The predicted molar refractivity (Wildman–Crippen MR) is 30.0 cm³/mol. The van der Waals surface area contributed by atoms with Gasteiger partial charge in [-0.1, -0.05) is 0 Å². The molecule has 0 bridgehead atoms. The summed E-state index contributed by atoms with van der Waals surface area (Å²) in [4.78, 5) is 0. The predicted octanol–water partition coefficient (Wildman–Crippen LogP) is -0.393. The first-order valence-electron chi connectivity index (χ1n) is 2.11. The van der Waals surface area contributed by atoms with Crippen LogP contribution >= 0.6 is 0 Å². The van der Waals surface area contributed by atoms with E-state index in [9.17, 15) is 10.4 Å². The van der Waals surface area contributed by atoms with E-state index in [0.717, 1.165) is 5.12 Å². The Balaban J connectivity index is 3.46. The SMILES string of the molecule is CN([O-])N(C)N(C)[O-]. The van der Waals surface area contributed by atoms with Gasteiger partial charge in [0.2, 0.25) is 0 Å². The summed E-state index contributed by atoms with van der Waals surface area (Å²) in [5.41, 5.74) is 0. The molecule has 50 valence electrons. The maximum atomic E-state index is 10.2. The van der Waals surface area contributed by atoms with Crippen LogP contribution in [0.5, 0.6) is 0 Å². The van der Waals surface area contributed by atoms with Gasteiger partial charge in [0.1, 0.15) is 0 Å². The molecule has 0 aliphatic rings. The van der Waals surface area contributed by atoms with Crippen LogP contribution in [0.3, 0.4) is 0 Å². The number of hydrogen-bond acceptors (Lipinski definition) is 5. The zero-order valence-corrected chi connectivity index (χ0v) is 5.16. The van der Waals surface area contributed by atoms with E-state index in [1.807, 2.05) is 0 Å². The Kier molecular flexibility index (Phi) is 2.88. The third-order valence-electron chi connectivity index (χ3n) is 0.815. The van der Waals surface area contributed by atoms with Gasteiger partial charge in [-0.15, -0.1) is 0 Å². The largest absolute Gasteiger partial charge is 0.771 e. The van der Waals surface area contributed by atoms with Crippen molar-refractivity contribution in [2.24, 2.45) is 0 Å². The average Bonchev–Trinajstić information content (AvgIpc) is 1.64. The van der Waals surface area contributed by atoms with Crippen molar-refractivity contribution in [2.75, 3.05) is 21.1 Å². The smallest absolute Gasteiger partial charge is 0.0159 e. The molecule has 0 unspecified atom stereocenters. The van der Waals surface area contributed by atoms with E-state index < -0.39 is 0 Å². The van der Waals surface area contributed by atoms with Gasteiger partial charge in [0, 0.05) is 7.05 Å². The second kappa shape index (κ2) is 2.95. The molecule has 5 nitrogen and oxygen atoms in total. The number of nitrogens with zero attached hydrogens (tertiary/aromatic N) is 3. The van der Waals surface area contributed by atoms with Crippen molar-refractivity contribution in [3.63, 3.8) is 0 Å². The van der Waals surface area contributed by atoms with Crippen molar-refractivity contribution in [1.82, 2.24) is 15.5 Å². The van der Waals surface area contributed by atoms with E-state index in [1.54, 1.807) is 0 Å². The molecule has 0 aromatic carbocycles. The number of hydroxylamine groups is 2. The quantitative estimate of drug-likeness (QED) is 0.463. The number of rotatable bonds is 2. The molecular weight excluding hydrogens is 110 g/mol. The lowest BCUT2D eigenvalue weighted by atomic mass is 11.2. The van der Waals surface area contributed by atoms with Crippen molar-refractivity contribution in [3.05, 3.63) is 10.4 Å². The Morgan fingerprint density at radius 3 is 1.12 bits per heavy atom. The van der Waals surface area contributed by atoms with Crippen LogP contribution in [0.15, 0.2) is 0 Å². The molecular formula is C3H9N3O2-2. The molecule has 0 N–H and O–H groups in total. The average molecular weight is 119 g/mol. The van der Waals surface area contributed by atoms with Crippen LogP contribution in [0.2, 0.25) is 0 Å². The Bertz CT molecular complexity index is 57.5. The van der Waals surface area contributed by atoms with Gasteiger partial charge < -0.3 is 20.8 Å². The Morgan fingerprint density at radius 2 is 1.12 bits per heavy atom. The maximum Gasteiger partial charge on any atom is 0.0159 e. The molecule has 0 saturated heterocycles. The van der Waals surface area contributed by atoms with E-state index in [0.29, 0.717) is 10.3 Å². The molecule has 0 aromatic rings. The highest BCUT2D eigenvalue weighted by Crippen LogP contribution is 1.88. The van der Waals surface area contributed by atoms with Gasteiger partial charge in [0.25, 0.3) is 0 Å². The number of hydrogen-bond donors (Lipinski definition) is 0. The van der Waals surface area contributed by atoms with Gasteiger partial charge in [-0.05, 0) is 14.1 Å². The van der Waals surface area contributed by atoms with Gasteiger partial charge in [-0.2, -0.15) is 0 Å². The van der Waals surface area contributed by atoms with Crippen molar-refractivity contribution in [1.29, 1.82) is 0 Å². The van der Waals surface area contributed by atoms with Crippen LogP contribution in [-0.2, 0) is 0 Å². The first kappa shape index (κ1) is 7.80. The van der Waals surface area contributed by atoms with Crippen molar-refractivity contribution >= 4 is 0 Å². The summed E-state index contributed by atoms with van der Waals surface area (Å²) in [6.45, 7) is 0. The fourth-order valence-electron chi connectivity index (χ4n) is 0.177. The summed E-state index contributed by atoms with van der Waals surface area (Å²) < 4.78 is 0. The van der Waals surface area contributed by atoms with E-state index in [4.69, 9.17) is 0 Å². The number of hydrazine groups is 2. The first-order valence-corrected chi connectivity index (χ1v) is 2.11. The monoisotopic (exact) mass is 119 g/mol. The molecule has 0 saturated carbocycles. The fourth-order valence-corrected chi connectivity index (χ4v) is 0.177. The lowest BCUT2D eigenvalue weighted by Gasteiger charge is -2.43. The third-order valence-corrected chi connectivity index (χ3v) is 0.815. The van der Waals surface area contributed by atoms with E-state index in [2.05, 4.69) is 0 Å². The van der Waals surface area contributed by atoms with Crippen molar-refractivity contribution in [3.8, 4) is 0 Å². The molecule has 0 aromatic heterocycles. The minimum atomic E-state index is 0.438. The van der Waals surface area contributed by atoms with Gasteiger partial charge in [-0.3, -0.25) is 0 Å². The van der Waals surface area contributed by atoms with Gasteiger partial charge in [-0.25, -0.2) is 5.12 Å². The highest BCUT2D eigenvalue weighted by atomic mass is 16.6. The minimum absolute atomic E-state index is 0.438. The maximum absolute atomic E-state index is 10.2. The Morgan fingerprint density at radius 1 is 0.875 bits per heavy atom. The lowest BCUT2D eigenvalue weighted by molar-refractivity contribution is -0.0795. The third kappa shape index (κ3) is 2.20. The van der Waals surface area contributed by atoms with E-state index >= 15 is 0 Å². The Labute approximate surface area is 48.2 Å². The standard InChI is InChI=1S/C3H9N3O2/c1-4(5(2)7)6(3)8/h1-3H3/q-2. The molecule has 8 heavy (non-hydrogen) atoms. The molecule has 0 aliphatic carbocycles. The van der Waals surface area contributed by atoms with Crippen LogP contribution in [0.4, 0.5) is 0 Å².